The van der Waals surface area contributed by atoms with Crippen LogP contribution >= 0.6 is 0 Å². The minimum Gasteiger partial charge on any atom is -0.388 e. The van der Waals surface area contributed by atoms with E-state index in [-0.39, 0.29) is 18.2 Å². The zero-order chi connectivity index (χ0) is 17.4. The molecule has 2 aromatic carbocycles. The highest BCUT2D eigenvalue weighted by Crippen LogP contribution is 2.15. The minimum atomic E-state index is -0.826. The van der Waals surface area contributed by atoms with Crippen LogP contribution in [0.1, 0.15) is 34.0 Å². The Morgan fingerprint density at radius 1 is 0.958 bits per heavy atom. The fourth-order valence-corrected chi connectivity index (χ4v) is 2.23. The van der Waals surface area contributed by atoms with Gasteiger partial charge in [0.15, 0.2) is 0 Å². The number of carbonyl (C=O) groups is 2. The van der Waals surface area contributed by atoms with Crippen LogP contribution in [-0.2, 0) is 4.79 Å². The molecule has 0 bridgehead atoms. The van der Waals surface area contributed by atoms with Gasteiger partial charge in [-0.1, -0.05) is 48.0 Å². The van der Waals surface area contributed by atoms with Gasteiger partial charge in [-0.05, 0) is 24.6 Å². The lowest BCUT2D eigenvalue weighted by atomic mass is 10.1. The number of aliphatic hydroxyl groups is 1. The summed E-state index contributed by atoms with van der Waals surface area (Å²) in [4.78, 5) is 23.7. The second-order valence-corrected chi connectivity index (χ2v) is 5.60. The van der Waals surface area contributed by atoms with E-state index in [9.17, 15) is 14.7 Å². The maximum atomic E-state index is 11.9. The molecule has 0 heterocycles. The second kappa shape index (κ2) is 8.84. The number of amides is 2. The van der Waals surface area contributed by atoms with E-state index < -0.39 is 6.10 Å². The van der Waals surface area contributed by atoms with Crippen molar-refractivity contribution < 1.29 is 14.7 Å². The highest BCUT2D eigenvalue weighted by Gasteiger charge is 2.12. The highest BCUT2D eigenvalue weighted by molar-refractivity contribution is 5.94. The highest BCUT2D eigenvalue weighted by atomic mass is 16.3. The second-order valence-electron chi connectivity index (χ2n) is 5.60. The van der Waals surface area contributed by atoms with Crippen LogP contribution in [0.15, 0.2) is 54.6 Å². The number of hydrogen-bond acceptors (Lipinski definition) is 3. The quantitative estimate of drug-likeness (QED) is 0.681. The molecule has 2 amide bonds. The molecule has 5 heteroatoms. The molecule has 2 rings (SSSR count). The minimum absolute atomic E-state index is 0.00405. The summed E-state index contributed by atoms with van der Waals surface area (Å²) in [5, 5.41) is 15.4. The van der Waals surface area contributed by atoms with E-state index in [2.05, 4.69) is 10.6 Å². The third-order valence-electron chi connectivity index (χ3n) is 3.61. The Bertz CT molecular complexity index is 669. The average molecular weight is 326 g/mol. The lowest BCUT2D eigenvalue weighted by molar-refractivity contribution is -0.123. The predicted molar refractivity (Wildman–Crippen MR) is 92.5 cm³/mol. The van der Waals surface area contributed by atoms with E-state index in [1.54, 1.807) is 24.3 Å². The molecule has 1 unspecified atom stereocenters. The Labute approximate surface area is 141 Å². The van der Waals surface area contributed by atoms with Crippen LogP contribution in [0.25, 0.3) is 0 Å². The molecule has 0 aliphatic carbocycles. The van der Waals surface area contributed by atoms with Crippen molar-refractivity contribution in [3.8, 4) is 0 Å². The smallest absolute Gasteiger partial charge is 0.251 e. The average Bonchev–Trinajstić information content (AvgIpc) is 2.60. The van der Waals surface area contributed by atoms with Gasteiger partial charge in [0.1, 0.15) is 0 Å². The molecule has 0 spiro atoms. The molecule has 0 radical (unpaired) electrons. The third-order valence-corrected chi connectivity index (χ3v) is 3.61. The van der Waals surface area contributed by atoms with Crippen LogP contribution in [0.3, 0.4) is 0 Å². The van der Waals surface area contributed by atoms with E-state index in [0.29, 0.717) is 24.2 Å². The molecule has 126 valence electrons. The third kappa shape index (κ3) is 5.52. The number of nitrogens with one attached hydrogen (secondary N) is 2. The largest absolute Gasteiger partial charge is 0.388 e. The van der Waals surface area contributed by atoms with Crippen molar-refractivity contribution in [1.29, 1.82) is 0 Å². The van der Waals surface area contributed by atoms with Crippen molar-refractivity contribution in [2.45, 2.75) is 19.4 Å². The number of aliphatic hydroxyl groups excluding tert-OH is 1. The van der Waals surface area contributed by atoms with E-state index in [4.69, 9.17) is 0 Å². The van der Waals surface area contributed by atoms with Gasteiger partial charge in [0.05, 0.1) is 12.5 Å². The van der Waals surface area contributed by atoms with Crippen LogP contribution in [0.4, 0.5) is 0 Å². The summed E-state index contributed by atoms with van der Waals surface area (Å²) in [6, 6.07) is 16.3. The summed E-state index contributed by atoms with van der Waals surface area (Å²) in [5.41, 5.74) is 2.39. The monoisotopic (exact) mass is 326 g/mol. The van der Waals surface area contributed by atoms with Crippen molar-refractivity contribution >= 4 is 11.8 Å². The van der Waals surface area contributed by atoms with E-state index in [0.717, 1.165) is 5.56 Å². The summed E-state index contributed by atoms with van der Waals surface area (Å²) in [6.07, 6.45) is -0.830. The first kappa shape index (κ1) is 17.7. The molecule has 0 aromatic heterocycles. The first-order valence-corrected chi connectivity index (χ1v) is 7.91. The van der Waals surface area contributed by atoms with Gasteiger partial charge in [-0.15, -0.1) is 0 Å². The summed E-state index contributed by atoms with van der Waals surface area (Å²) < 4.78 is 0. The van der Waals surface area contributed by atoms with Gasteiger partial charge in [-0.2, -0.15) is 0 Å². The van der Waals surface area contributed by atoms with Gasteiger partial charge in [0.2, 0.25) is 5.91 Å². The lowest BCUT2D eigenvalue weighted by Crippen LogP contribution is -2.35. The molecule has 3 N–H and O–H groups in total. The Morgan fingerprint density at radius 3 is 2.25 bits per heavy atom. The summed E-state index contributed by atoms with van der Waals surface area (Å²) in [5.74, 6) is -0.426. The molecule has 0 aliphatic rings. The zero-order valence-electron chi connectivity index (χ0n) is 13.7. The molecule has 1 atom stereocenters. The first-order chi connectivity index (χ1) is 11.6. The topological polar surface area (TPSA) is 78.4 Å². The first-order valence-electron chi connectivity index (χ1n) is 7.91. The molecule has 0 fully saturated rings. The summed E-state index contributed by atoms with van der Waals surface area (Å²) in [6.45, 7) is 2.61. The Balaban J connectivity index is 1.67. The maximum absolute atomic E-state index is 11.9. The van der Waals surface area contributed by atoms with Crippen molar-refractivity contribution in [2.75, 3.05) is 13.1 Å². The van der Waals surface area contributed by atoms with Crippen LogP contribution < -0.4 is 10.6 Å². The molecule has 0 aliphatic heterocycles. The van der Waals surface area contributed by atoms with Gasteiger partial charge < -0.3 is 15.7 Å². The normalized spacial score (nSPS) is 11.6. The molecule has 24 heavy (non-hydrogen) atoms. The number of carbonyl (C=O) groups excluding carboxylic acids is 2. The number of hydrogen-bond donors (Lipinski definition) is 3. The van der Waals surface area contributed by atoms with Crippen molar-refractivity contribution in [3.63, 3.8) is 0 Å². The molecule has 2 aromatic rings. The number of rotatable bonds is 7. The molecular formula is C19H22N2O3. The predicted octanol–water partition coefficient (Wildman–Crippen LogP) is 1.96. The SMILES string of the molecule is Cc1ccc(C(=O)NCCNC(=O)CC(O)c2ccccc2)cc1. The molecule has 5 nitrogen and oxygen atoms in total. The van der Waals surface area contributed by atoms with Crippen LogP contribution in [0, 0.1) is 6.92 Å². The van der Waals surface area contributed by atoms with Gasteiger partial charge in [0.25, 0.3) is 5.91 Å². The molecule has 0 saturated carbocycles. The summed E-state index contributed by atoms with van der Waals surface area (Å²) >= 11 is 0. The zero-order valence-corrected chi connectivity index (χ0v) is 13.7. The molecule has 0 saturated heterocycles. The van der Waals surface area contributed by atoms with E-state index in [1.165, 1.54) is 0 Å². The maximum Gasteiger partial charge on any atom is 0.251 e. The lowest BCUT2D eigenvalue weighted by Gasteiger charge is -2.11. The van der Waals surface area contributed by atoms with Crippen molar-refractivity contribution in [2.24, 2.45) is 0 Å². The van der Waals surface area contributed by atoms with E-state index >= 15 is 0 Å². The fraction of sp³-hybridized carbons (Fsp3) is 0.263. The van der Waals surface area contributed by atoms with Gasteiger partial charge in [-0.3, -0.25) is 9.59 Å². The Kier molecular flexibility index (Phi) is 6.51. The Morgan fingerprint density at radius 2 is 1.58 bits per heavy atom. The number of benzene rings is 2. The van der Waals surface area contributed by atoms with Crippen LogP contribution in [0.2, 0.25) is 0 Å². The number of aryl methyl sites for hydroxylation is 1. The Hall–Kier alpha value is -2.66. The van der Waals surface area contributed by atoms with Crippen LogP contribution in [0.5, 0.6) is 0 Å². The van der Waals surface area contributed by atoms with Crippen molar-refractivity contribution in [3.05, 3.63) is 71.3 Å². The summed E-state index contributed by atoms with van der Waals surface area (Å²) in [7, 11) is 0. The molecular weight excluding hydrogens is 304 g/mol. The van der Waals surface area contributed by atoms with Crippen molar-refractivity contribution in [1.82, 2.24) is 10.6 Å². The van der Waals surface area contributed by atoms with E-state index in [1.807, 2.05) is 37.3 Å². The van der Waals surface area contributed by atoms with Gasteiger partial charge in [-0.25, -0.2) is 0 Å². The van der Waals surface area contributed by atoms with Gasteiger partial charge >= 0.3 is 0 Å². The van der Waals surface area contributed by atoms with Crippen LogP contribution in [-0.4, -0.2) is 30.0 Å². The standard InChI is InChI=1S/C19H22N2O3/c1-14-7-9-16(10-8-14)19(24)21-12-11-20-18(23)13-17(22)15-5-3-2-4-6-15/h2-10,17,22H,11-13H2,1H3,(H,20,23)(H,21,24). The fourth-order valence-electron chi connectivity index (χ4n) is 2.23. The van der Waals surface area contributed by atoms with Gasteiger partial charge in [0, 0.05) is 18.7 Å².